The third-order valence-electron chi connectivity index (χ3n) is 2.43. The molecular weight excluding hydrogens is 212 g/mol. The summed E-state index contributed by atoms with van der Waals surface area (Å²) in [5, 5.41) is 1.90. The smallest absolute Gasteiger partial charge is 0.236 e. The topological polar surface area (TPSA) is 69.1 Å². The van der Waals surface area contributed by atoms with Crippen LogP contribution in [0.15, 0.2) is 34.5 Å². The Morgan fingerprint density at radius 2 is 2.47 bits per heavy atom. The number of thiophene rings is 1. The molecule has 0 spiro atoms. The molecule has 0 aromatic carbocycles. The fourth-order valence-electron chi connectivity index (χ4n) is 1.39. The number of aromatic nitrogens is 1. The number of hydrogen-bond acceptors (Lipinski definition) is 4. The fraction of sp³-hybridized carbons (Fsp3) is 0.200. The first-order valence-electron chi connectivity index (χ1n) is 4.38. The Morgan fingerprint density at radius 3 is 2.93 bits per heavy atom. The Morgan fingerprint density at radius 1 is 1.67 bits per heavy atom. The Labute approximate surface area is 90.7 Å². The van der Waals surface area contributed by atoms with E-state index in [-0.39, 0.29) is 0 Å². The van der Waals surface area contributed by atoms with Crippen molar-refractivity contribution in [3.63, 3.8) is 0 Å². The summed E-state index contributed by atoms with van der Waals surface area (Å²) in [6.45, 7) is 1.74. The zero-order chi connectivity index (χ0) is 10.9. The number of oxazole rings is 1. The molecule has 0 saturated carbocycles. The molecule has 2 aromatic rings. The van der Waals surface area contributed by atoms with Crippen molar-refractivity contribution in [3.05, 3.63) is 40.7 Å². The maximum absolute atomic E-state index is 11.6. The highest BCUT2D eigenvalue weighted by atomic mass is 32.1. The van der Waals surface area contributed by atoms with Crippen LogP contribution in [0.5, 0.6) is 0 Å². The Bertz CT molecular complexity index is 413. The Hall–Kier alpha value is -1.62. The lowest BCUT2D eigenvalue weighted by Gasteiger charge is -2.21. The van der Waals surface area contributed by atoms with Crippen LogP contribution in [0.1, 0.15) is 17.6 Å². The zero-order valence-electron chi connectivity index (χ0n) is 8.14. The summed E-state index contributed by atoms with van der Waals surface area (Å²) < 4.78 is 5.18. The molecule has 2 aromatic heterocycles. The second-order valence-electron chi connectivity index (χ2n) is 3.33. The van der Waals surface area contributed by atoms with Gasteiger partial charge in [-0.3, -0.25) is 4.79 Å². The second kappa shape index (κ2) is 3.51. The van der Waals surface area contributed by atoms with E-state index in [9.17, 15) is 4.79 Å². The first-order valence-corrected chi connectivity index (χ1v) is 5.26. The molecule has 78 valence electrons. The molecule has 4 nitrogen and oxygen atoms in total. The third-order valence-corrected chi connectivity index (χ3v) is 3.52. The number of carbonyl (C=O) groups is 1. The largest absolute Gasteiger partial charge is 0.447 e. The fourth-order valence-corrected chi connectivity index (χ4v) is 2.29. The van der Waals surface area contributed by atoms with Crippen molar-refractivity contribution in [1.29, 1.82) is 0 Å². The number of primary amides is 1. The maximum atomic E-state index is 11.6. The molecule has 2 rings (SSSR count). The van der Waals surface area contributed by atoms with Gasteiger partial charge in [-0.15, -0.1) is 11.3 Å². The Balaban J connectivity index is 2.56. The summed E-state index contributed by atoms with van der Waals surface area (Å²) in [4.78, 5) is 16.2. The normalized spacial score (nSPS) is 14.7. The molecular formula is C10H10N2O2S. The molecule has 0 fully saturated rings. The van der Waals surface area contributed by atoms with Gasteiger partial charge in [-0.2, -0.15) is 0 Å². The van der Waals surface area contributed by atoms with Crippen LogP contribution in [-0.4, -0.2) is 10.9 Å². The lowest BCUT2D eigenvalue weighted by Crippen LogP contribution is -2.38. The monoisotopic (exact) mass is 222 g/mol. The van der Waals surface area contributed by atoms with Crippen molar-refractivity contribution in [1.82, 2.24) is 4.98 Å². The molecule has 0 aliphatic heterocycles. The molecule has 0 radical (unpaired) electrons. The minimum absolute atomic E-state index is 0.443. The minimum atomic E-state index is -0.926. The van der Waals surface area contributed by atoms with Crippen LogP contribution in [0.4, 0.5) is 0 Å². The molecule has 2 N–H and O–H groups in total. The van der Waals surface area contributed by atoms with E-state index in [1.807, 2.05) is 17.5 Å². The summed E-state index contributed by atoms with van der Waals surface area (Å²) in [5.74, 6) is 0.0270. The average Bonchev–Trinajstić information content (AvgIpc) is 2.89. The van der Waals surface area contributed by atoms with Crippen LogP contribution in [0, 0.1) is 0 Å². The van der Waals surface area contributed by atoms with E-state index >= 15 is 0 Å². The van der Waals surface area contributed by atoms with E-state index in [2.05, 4.69) is 4.98 Å². The predicted molar refractivity (Wildman–Crippen MR) is 56.5 cm³/mol. The highest BCUT2D eigenvalue weighted by molar-refractivity contribution is 7.10. The summed E-state index contributed by atoms with van der Waals surface area (Å²) in [7, 11) is 0. The van der Waals surface area contributed by atoms with E-state index < -0.39 is 11.3 Å². The first kappa shape index (κ1) is 9.92. The van der Waals surface area contributed by atoms with Gasteiger partial charge in [0.1, 0.15) is 11.2 Å². The average molecular weight is 222 g/mol. The standard InChI is InChI=1S/C10H10N2O2S/c1-10(9(11)13,7-5-12-6-14-7)8-3-2-4-15-8/h2-6H,1H3,(H2,11,13). The summed E-state index contributed by atoms with van der Waals surface area (Å²) in [6, 6.07) is 3.73. The molecule has 0 aliphatic carbocycles. The van der Waals surface area contributed by atoms with Gasteiger partial charge in [0, 0.05) is 4.88 Å². The number of nitrogens with zero attached hydrogens (tertiary/aromatic N) is 1. The third kappa shape index (κ3) is 1.45. The predicted octanol–water partition coefficient (Wildman–Crippen LogP) is 1.53. The highest BCUT2D eigenvalue weighted by Crippen LogP contribution is 2.34. The lowest BCUT2D eigenvalue weighted by atomic mass is 9.85. The van der Waals surface area contributed by atoms with Crippen LogP contribution >= 0.6 is 11.3 Å². The van der Waals surface area contributed by atoms with Gasteiger partial charge < -0.3 is 10.2 Å². The van der Waals surface area contributed by atoms with Crippen molar-refractivity contribution in [2.75, 3.05) is 0 Å². The zero-order valence-corrected chi connectivity index (χ0v) is 8.95. The lowest BCUT2D eigenvalue weighted by molar-refractivity contribution is -0.122. The van der Waals surface area contributed by atoms with Crippen LogP contribution in [0.2, 0.25) is 0 Å². The van der Waals surface area contributed by atoms with Gasteiger partial charge in [0.2, 0.25) is 5.91 Å². The summed E-state index contributed by atoms with van der Waals surface area (Å²) in [5.41, 5.74) is 4.51. The minimum Gasteiger partial charge on any atom is -0.447 e. The van der Waals surface area contributed by atoms with Gasteiger partial charge in [0.05, 0.1) is 6.20 Å². The molecule has 1 unspecified atom stereocenters. The number of hydrogen-bond donors (Lipinski definition) is 1. The van der Waals surface area contributed by atoms with Crippen molar-refractivity contribution < 1.29 is 9.21 Å². The highest BCUT2D eigenvalue weighted by Gasteiger charge is 2.39. The van der Waals surface area contributed by atoms with E-state index in [0.717, 1.165) is 4.88 Å². The van der Waals surface area contributed by atoms with Crippen molar-refractivity contribution in [2.45, 2.75) is 12.3 Å². The number of nitrogens with two attached hydrogens (primary N) is 1. The van der Waals surface area contributed by atoms with E-state index in [1.54, 1.807) is 6.92 Å². The van der Waals surface area contributed by atoms with Crippen LogP contribution in [0.25, 0.3) is 0 Å². The second-order valence-corrected chi connectivity index (χ2v) is 4.28. The molecule has 15 heavy (non-hydrogen) atoms. The van der Waals surface area contributed by atoms with Crippen molar-refractivity contribution >= 4 is 17.2 Å². The molecule has 2 heterocycles. The maximum Gasteiger partial charge on any atom is 0.236 e. The van der Waals surface area contributed by atoms with E-state index in [0.29, 0.717) is 5.76 Å². The summed E-state index contributed by atoms with van der Waals surface area (Å²) >= 11 is 1.47. The molecule has 0 bridgehead atoms. The number of amides is 1. The van der Waals surface area contributed by atoms with Crippen LogP contribution in [-0.2, 0) is 10.2 Å². The van der Waals surface area contributed by atoms with Gasteiger partial charge in [0.15, 0.2) is 6.39 Å². The quantitative estimate of drug-likeness (QED) is 0.856. The molecule has 0 saturated heterocycles. The van der Waals surface area contributed by atoms with E-state index in [1.165, 1.54) is 23.9 Å². The van der Waals surface area contributed by atoms with E-state index in [4.69, 9.17) is 10.2 Å². The summed E-state index contributed by atoms with van der Waals surface area (Å²) in [6.07, 6.45) is 2.81. The molecule has 1 amide bonds. The van der Waals surface area contributed by atoms with Crippen molar-refractivity contribution in [2.24, 2.45) is 5.73 Å². The van der Waals surface area contributed by atoms with Crippen LogP contribution < -0.4 is 5.73 Å². The molecule has 1 atom stereocenters. The number of rotatable bonds is 3. The SMILES string of the molecule is CC(C(N)=O)(c1cnco1)c1cccs1. The van der Waals surface area contributed by atoms with Gasteiger partial charge in [0.25, 0.3) is 0 Å². The molecule has 0 aliphatic rings. The Kier molecular flexibility index (Phi) is 2.32. The molecule has 5 heteroatoms. The number of carbonyl (C=O) groups excluding carboxylic acids is 1. The van der Waals surface area contributed by atoms with Gasteiger partial charge in [-0.1, -0.05) is 6.07 Å². The van der Waals surface area contributed by atoms with Crippen molar-refractivity contribution in [3.8, 4) is 0 Å². The van der Waals surface area contributed by atoms with Gasteiger partial charge in [-0.05, 0) is 18.4 Å². The van der Waals surface area contributed by atoms with Gasteiger partial charge in [-0.25, -0.2) is 4.98 Å². The first-order chi connectivity index (χ1) is 7.15. The van der Waals surface area contributed by atoms with Gasteiger partial charge >= 0.3 is 0 Å². The van der Waals surface area contributed by atoms with Crippen LogP contribution in [0.3, 0.4) is 0 Å².